The lowest BCUT2D eigenvalue weighted by Crippen LogP contribution is -2.19. The third-order valence-electron chi connectivity index (χ3n) is 2.63. The lowest BCUT2D eigenvalue weighted by Gasteiger charge is -2.25. The molecule has 0 N–H and O–H groups in total. The lowest BCUT2D eigenvalue weighted by molar-refractivity contribution is -0.183. The van der Waals surface area contributed by atoms with Gasteiger partial charge in [0.25, 0.3) is 0 Å². The van der Waals surface area contributed by atoms with Gasteiger partial charge in [-0.3, -0.25) is 4.79 Å². The molecule has 0 aromatic heterocycles. The zero-order chi connectivity index (χ0) is 12.8. The Morgan fingerprint density at radius 2 is 2.17 bits per heavy atom. The summed E-state index contributed by atoms with van der Waals surface area (Å²) < 4.78 is 21.2. The highest BCUT2D eigenvalue weighted by Gasteiger charge is 2.21. The number of carbonyl (C=O) groups excluding carboxylic acids is 1. The van der Waals surface area contributed by atoms with Crippen molar-refractivity contribution in [1.82, 2.24) is 0 Å². The molecule has 1 heterocycles. The summed E-state index contributed by atoms with van der Waals surface area (Å²) in [6, 6.07) is 5.32. The number of hydrogen-bond acceptors (Lipinski definition) is 5. The van der Waals surface area contributed by atoms with Gasteiger partial charge in [-0.2, -0.15) is 0 Å². The van der Waals surface area contributed by atoms with E-state index in [0.29, 0.717) is 30.1 Å². The molecule has 5 nitrogen and oxygen atoms in total. The SMILES string of the molecule is COCOc1cccc(C2OCCCO2)c1C=O. The molecule has 1 fully saturated rings. The molecule has 0 radical (unpaired) electrons. The maximum absolute atomic E-state index is 11.2. The van der Waals surface area contributed by atoms with Gasteiger partial charge in [0, 0.05) is 12.7 Å². The Morgan fingerprint density at radius 1 is 1.39 bits per heavy atom. The molecule has 0 saturated carbocycles. The molecule has 1 aliphatic heterocycles. The number of ether oxygens (including phenoxy) is 4. The summed E-state index contributed by atoms with van der Waals surface area (Å²) in [5, 5.41) is 0. The highest BCUT2D eigenvalue weighted by atomic mass is 16.7. The largest absolute Gasteiger partial charge is 0.467 e. The van der Waals surface area contributed by atoms with Crippen molar-refractivity contribution in [3.05, 3.63) is 29.3 Å². The van der Waals surface area contributed by atoms with Crippen molar-refractivity contribution >= 4 is 6.29 Å². The lowest BCUT2D eigenvalue weighted by atomic mass is 10.1. The second-order valence-electron chi connectivity index (χ2n) is 3.85. The monoisotopic (exact) mass is 252 g/mol. The molecule has 2 rings (SSSR count). The molecule has 0 unspecified atom stereocenters. The van der Waals surface area contributed by atoms with Crippen LogP contribution in [0.2, 0.25) is 0 Å². The second-order valence-corrected chi connectivity index (χ2v) is 3.85. The van der Waals surface area contributed by atoms with Crippen LogP contribution < -0.4 is 4.74 Å². The fraction of sp³-hybridized carbons (Fsp3) is 0.462. The van der Waals surface area contributed by atoms with Gasteiger partial charge in [0.2, 0.25) is 0 Å². The van der Waals surface area contributed by atoms with E-state index in [-0.39, 0.29) is 6.79 Å². The summed E-state index contributed by atoms with van der Waals surface area (Å²) in [4.78, 5) is 11.2. The molecule has 0 bridgehead atoms. The molecule has 0 amide bonds. The molecule has 1 aromatic carbocycles. The van der Waals surface area contributed by atoms with Crippen molar-refractivity contribution in [2.45, 2.75) is 12.7 Å². The topological polar surface area (TPSA) is 54.0 Å². The average molecular weight is 252 g/mol. The van der Waals surface area contributed by atoms with E-state index in [1.54, 1.807) is 18.2 Å². The average Bonchev–Trinajstić information content (AvgIpc) is 2.45. The zero-order valence-electron chi connectivity index (χ0n) is 10.3. The van der Waals surface area contributed by atoms with Crippen molar-refractivity contribution in [1.29, 1.82) is 0 Å². The van der Waals surface area contributed by atoms with Gasteiger partial charge < -0.3 is 18.9 Å². The van der Waals surface area contributed by atoms with E-state index in [2.05, 4.69) is 0 Å². The molecular formula is C13H16O5. The van der Waals surface area contributed by atoms with Crippen molar-refractivity contribution in [3.63, 3.8) is 0 Å². The summed E-state index contributed by atoms with van der Waals surface area (Å²) >= 11 is 0. The van der Waals surface area contributed by atoms with Crippen molar-refractivity contribution in [2.24, 2.45) is 0 Å². The Bertz CT molecular complexity index is 398. The van der Waals surface area contributed by atoms with Crippen LogP contribution in [0.15, 0.2) is 18.2 Å². The van der Waals surface area contributed by atoms with Gasteiger partial charge >= 0.3 is 0 Å². The Balaban J connectivity index is 2.25. The Kier molecular flexibility index (Phi) is 4.69. The molecular weight excluding hydrogens is 236 g/mol. The van der Waals surface area contributed by atoms with Crippen molar-refractivity contribution < 1.29 is 23.7 Å². The van der Waals surface area contributed by atoms with Crippen molar-refractivity contribution in [3.8, 4) is 5.75 Å². The fourth-order valence-corrected chi connectivity index (χ4v) is 1.81. The summed E-state index contributed by atoms with van der Waals surface area (Å²) in [6.07, 6.45) is 1.12. The molecule has 18 heavy (non-hydrogen) atoms. The first-order valence-corrected chi connectivity index (χ1v) is 5.80. The van der Waals surface area contributed by atoms with Gasteiger partial charge in [-0.1, -0.05) is 12.1 Å². The summed E-state index contributed by atoms with van der Waals surface area (Å²) in [5.41, 5.74) is 1.14. The summed E-state index contributed by atoms with van der Waals surface area (Å²) in [6.45, 7) is 1.36. The molecule has 1 aliphatic rings. The third-order valence-corrected chi connectivity index (χ3v) is 2.63. The molecule has 5 heteroatoms. The van der Waals surface area contributed by atoms with Crippen LogP contribution in [0.4, 0.5) is 0 Å². The standard InChI is InChI=1S/C13H16O5/c1-15-9-18-12-5-2-4-10(11(12)8-14)13-16-6-3-7-17-13/h2,4-5,8,13H,3,6-7,9H2,1H3. The van der Waals surface area contributed by atoms with Crippen LogP contribution >= 0.6 is 0 Å². The highest BCUT2D eigenvalue weighted by molar-refractivity contribution is 5.81. The van der Waals surface area contributed by atoms with Gasteiger partial charge in [0.05, 0.1) is 18.8 Å². The Morgan fingerprint density at radius 3 is 2.83 bits per heavy atom. The minimum Gasteiger partial charge on any atom is -0.467 e. The van der Waals surface area contributed by atoms with E-state index in [1.807, 2.05) is 0 Å². The predicted octanol–water partition coefficient (Wildman–Crippen LogP) is 1.92. The maximum Gasteiger partial charge on any atom is 0.188 e. The number of methoxy groups -OCH3 is 1. The molecule has 1 aromatic rings. The van der Waals surface area contributed by atoms with Crippen LogP contribution in [0.3, 0.4) is 0 Å². The number of rotatable bonds is 5. The van der Waals surface area contributed by atoms with Crippen LogP contribution in [-0.4, -0.2) is 33.4 Å². The van der Waals surface area contributed by atoms with Gasteiger partial charge in [-0.15, -0.1) is 0 Å². The van der Waals surface area contributed by atoms with Crippen LogP contribution in [0, 0.1) is 0 Å². The summed E-state index contributed by atoms with van der Waals surface area (Å²) in [5.74, 6) is 0.474. The third kappa shape index (κ3) is 2.87. The fourth-order valence-electron chi connectivity index (χ4n) is 1.81. The zero-order valence-corrected chi connectivity index (χ0v) is 10.3. The minimum atomic E-state index is -0.495. The van der Waals surface area contributed by atoms with Crippen LogP contribution in [0.25, 0.3) is 0 Å². The molecule has 0 aliphatic carbocycles. The van der Waals surface area contributed by atoms with Gasteiger partial charge in [0.15, 0.2) is 19.4 Å². The van der Waals surface area contributed by atoms with E-state index in [1.165, 1.54) is 7.11 Å². The smallest absolute Gasteiger partial charge is 0.188 e. The number of aldehydes is 1. The van der Waals surface area contributed by atoms with Crippen LogP contribution in [0.1, 0.15) is 28.6 Å². The number of hydrogen-bond donors (Lipinski definition) is 0. The minimum absolute atomic E-state index is 0.0939. The highest BCUT2D eigenvalue weighted by Crippen LogP contribution is 2.30. The Hall–Kier alpha value is -1.43. The van der Waals surface area contributed by atoms with Crippen LogP contribution in [-0.2, 0) is 14.2 Å². The number of benzene rings is 1. The van der Waals surface area contributed by atoms with E-state index < -0.39 is 6.29 Å². The van der Waals surface area contributed by atoms with Crippen molar-refractivity contribution in [2.75, 3.05) is 27.1 Å². The van der Waals surface area contributed by atoms with E-state index in [0.717, 1.165) is 12.7 Å². The number of carbonyl (C=O) groups is 1. The maximum atomic E-state index is 11.2. The molecule has 1 saturated heterocycles. The van der Waals surface area contributed by atoms with E-state index in [4.69, 9.17) is 18.9 Å². The molecule has 0 spiro atoms. The first-order valence-electron chi connectivity index (χ1n) is 5.80. The van der Waals surface area contributed by atoms with Gasteiger partial charge in [0.1, 0.15) is 5.75 Å². The molecule has 98 valence electrons. The second kappa shape index (κ2) is 6.49. The predicted molar refractivity (Wildman–Crippen MR) is 63.6 cm³/mol. The molecule has 0 atom stereocenters. The summed E-state index contributed by atoms with van der Waals surface area (Å²) in [7, 11) is 1.53. The van der Waals surface area contributed by atoms with E-state index >= 15 is 0 Å². The Labute approximate surface area is 106 Å². The first kappa shape index (κ1) is 13.0. The van der Waals surface area contributed by atoms with Crippen LogP contribution in [0.5, 0.6) is 5.75 Å². The first-order chi connectivity index (χ1) is 8.86. The van der Waals surface area contributed by atoms with E-state index in [9.17, 15) is 4.79 Å². The quantitative estimate of drug-likeness (QED) is 0.592. The van der Waals surface area contributed by atoms with Gasteiger partial charge in [-0.25, -0.2) is 0 Å². The normalized spacial score (nSPS) is 16.5. The van der Waals surface area contributed by atoms with Gasteiger partial charge in [-0.05, 0) is 12.5 Å².